The first-order valence-corrected chi connectivity index (χ1v) is 8.34. The van der Waals surface area contributed by atoms with Crippen LogP contribution in [0.1, 0.15) is 36.2 Å². The number of carbonyl (C=O) groups is 1. The highest BCUT2D eigenvalue weighted by Crippen LogP contribution is 2.22. The van der Waals surface area contributed by atoms with E-state index >= 15 is 0 Å². The van der Waals surface area contributed by atoms with Crippen LogP contribution in [0.4, 0.5) is 5.69 Å². The van der Waals surface area contributed by atoms with Crippen molar-refractivity contribution in [2.45, 2.75) is 33.2 Å². The number of amides is 1. The number of rotatable bonds is 6. The van der Waals surface area contributed by atoms with Gasteiger partial charge >= 0.3 is 0 Å². The molecule has 3 nitrogen and oxygen atoms in total. The Morgan fingerprint density at radius 1 is 1.53 bits per heavy atom. The highest BCUT2D eigenvalue weighted by molar-refractivity contribution is 9.10. The minimum absolute atomic E-state index is 0.0560. The van der Waals surface area contributed by atoms with E-state index in [4.69, 9.17) is 5.73 Å². The van der Waals surface area contributed by atoms with E-state index in [0.29, 0.717) is 11.3 Å². The van der Waals surface area contributed by atoms with Gasteiger partial charge in [0.15, 0.2) is 0 Å². The third-order valence-electron chi connectivity index (χ3n) is 2.93. The summed E-state index contributed by atoms with van der Waals surface area (Å²) >= 11 is 5.26. The molecular formula is C14H21BrN2OS. The van der Waals surface area contributed by atoms with E-state index in [-0.39, 0.29) is 11.9 Å². The van der Waals surface area contributed by atoms with Crippen molar-refractivity contribution >= 4 is 39.3 Å². The first-order valence-electron chi connectivity index (χ1n) is 6.40. The van der Waals surface area contributed by atoms with Crippen LogP contribution in [0, 0.1) is 6.92 Å². The number of anilines is 1. The van der Waals surface area contributed by atoms with E-state index in [1.807, 2.05) is 37.7 Å². The summed E-state index contributed by atoms with van der Waals surface area (Å²) in [5.41, 5.74) is 7.98. The van der Waals surface area contributed by atoms with Gasteiger partial charge in [0.25, 0.3) is 5.91 Å². The molecule has 0 bridgehead atoms. The van der Waals surface area contributed by atoms with Gasteiger partial charge in [0.05, 0.1) is 0 Å². The zero-order chi connectivity index (χ0) is 14.4. The molecule has 1 unspecified atom stereocenters. The molecule has 0 saturated carbocycles. The third kappa shape index (κ3) is 5.07. The molecule has 1 amide bonds. The summed E-state index contributed by atoms with van der Waals surface area (Å²) in [7, 11) is 0. The standard InChI is InChI=1S/C14H21BrN2OS/c1-4-19-6-5-9(2)17-14(18)12-7-11(15)8-13(16)10(12)3/h7-9H,4-6,16H2,1-3H3,(H,17,18). The Morgan fingerprint density at radius 2 is 2.21 bits per heavy atom. The SMILES string of the molecule is CCSCCC(C)NC(=O)c1cc(Br)cc(N)c1C. The minimum atomic E-state index is -0.0560. The molecule has 0 aromatic heterocycles. The summed E-state index contributed by atoms with van der Waals surface area (Å²) in [6, 6.07) is 3.80. The van der Waals surface area contributed by atoms with Gasteiger partial charge in [0.2, 0.25) is 0 Å². The number of nitrogens with two attached hydrogens (primary N) is 1. The maximum absolute atomic E-state index is 12.2. The van der Waals surface area contributed by atoms with E-state index in [1.165, 1.54) is 0 Å². The molecule has 0 spiro atoms. The van der Waals surface area contributed by atoms with Gasteiger partial charge in [-0.3, -0.25) is 4.79 Å². The second-order valence-electron chi connectivity index (χ2n) is 4.53. The lowest BCUT2D eigenvalue weighted by Gasteiger charge is -2.15. The van der Waals surface area contributed by atoms with Crippen LogP contribution in [0.25, 0.3) is 0 Å². The quantitative estimate of drug-likeness (QED) is 0.612. The lowest BCUT2D eigenvalue weighted by atomic mass is 10.1. The molecule has 1 rings (SSSR count). The van der Waals surface area contributed by atoms with Gasteiger partial charge in [-0.05, 0) is 49.5 Å². The van der Waals surface area contributed by atoms with E-state index in [2.05, 4.69) is 28.2 Å². The average molecular weight is 345 g/mol. The Bertz CT molecular complexity index is 451. The predicted molar refractivity (Wildman–Crippen MR) is 87.8 cm³/mol. The van der Waals surface area contributed by atoms with Crippen LogP contribution >= 0.6 is 27.7 Å². The smallest absolute Gasteiger partial charge is 0.251 e. The lowest BCUT2D eigenvalue weighted by molar-refractivity contribution is 0.0939. The molecule has 0 aliphatic carbocycles. The van der Waals surface area contributed by atoms with E-state index in [9.17, 15) is 4.79 Å². The second-order valence-corrected chi connectivity index (χ2v) is 6.84. The summed E-state index contributed by atoms with van der Waals surface area (Å²) in [5.74, 6) is 2.12. The van der Waals surface area contributed by atoms with E-state index < -0.39 is 0 Å². The number of nitrogen functional groups attached to an aromatic ring is 1. The number of thioether (sulfide) groups is 1. The van der Waals surface area contributed by atoms with Crippen LogP contribution in [-0.4, -0.2) is 23.5 Å². The second kappa shape index (κ2) is 7.80. The molecule has 0 heterocycles. The number of hydrogen-bond acceptors (Lipinski definition) is 3. The highest BCUT2D eigenvalue weighted by atomic mass is 79.9. The third-order valence-corrected chi connectivity index (χ3v) is 4.32. The van der Waals surface area contributed by atoms with Crippen LogP contribution in [0.2, 0.25) is 0 Å². The van der Waals surface area contributed by atoms with E-state index in [0.717, 1.165) is 28.0 Å². The maximum Gasteiger partial charge on any atom is 0.251 e. The molecule has 0 fully saturated rings. The van der Waals surface area contributed by atoms with Gasteiger partial charge in [0, 0.05) is 21.8 Å². The van der Waals surface area contributed by atoms with Crippen molar-refractivity contribution < 1.29 is 4.79 Å². The molecular weight excluding hydrogens is 324 g/mol. The molecule has 0 aliphatic rings. The van der Waals surface area contributed by atoms with E-state index in [1.54, 1.807) is 0 Å². The Labute approximate surface area is 127 Å². The first-order chi connectivity index (χ1) is 8.95. The van der Waals surface area contributed by atoms with Crippen molar-refractivity contribution in [2.24, 2.45) is 0 Å². The summed E-state index contributed by atoms with van der Waals surface area (Å²) < 4.78 is 0.829. The molecule has 1 atom stereocenters. The van der Waals surface area contributed by atoms with Crippen LogP contribution < -0.4 is 11.1 Å². The average Bonchev–Trinajstić information content (AvgIpc) is 2.33. The Balaban J connectivity index is 2.68. The van der Waals surface area contributed by atoms with Gasteiger partial charge in [-0.2, -0.15) is 11.8 Å². The molecule has 0 aliphatic heterocycles. The fraction of sp³-hybridized carbons (Fsp3) is 0.500. The summed E-state index contributed by atoms with van der Waals surface area (Å²) in [6.07, 6.45) is 0.979. The number of carbonyl (C=O) groups excluding carboxylic acids is 1. The van der Waals surface area contributed by atoms with Crippen molar-refractivity contribution in [3.05, 3.63) is 27.7 Å². The maximum atomic E-state index is 12.2. The van der Waals surface area contributed by atoms with Crippen molar-refractivity contribution in [2.75, 3.05) is 17.2 Å². The van der Waals surface area contributed by atoms with Gasteiger partial charge in [0.1, 0.15) is 0 Å². The van der Waals surface area contributed by atoms with Gasteiger partial charge in [-0.15, -0.1) is 0 Å². The number of halogens is 1. The van der Waals surface area contributed by atoms with Crippen molar-refractivity contribution in [1.82, 2.24) is 5.32 Å². The monoisotopic (exact) mass is 344 g/mol. The summed E-state index contributed by atoms with van der Waals surface area (Å²) in [5, 5.41) is 3.02. The molecule has 1 aromatic carbocycles. The highest BCUT2D eigenvalue weighted by Gasteiger charge is 2.14. The number of nitrogens with one attached hydrogen (secondary N) is 1. The molecule has 19 heavy (non-hydrogen) atoms. The Morgan fingerprint density at radius 3 is 2.84 bits per heavy atom. The zero-order valence-electron chi connectivity index (χ0n) is 11.6. The fourth-order valence-electron chi connectivity index (χ4n) is 1.71. The Hall–Kier alpha value is -0.680. The molecule has 106 valence electrons. The predicted octanol–water partition coefficient (Wildman–Crippen LogP) is 3.60. The van der Waals surface area contributed by atoms with Crippen LogP contribution in [0.15, 0.2) is 16.6 Å². The largest absolute Gasteiger partial charge is 0.398 e. The zero-order valence-corrected chi connectivity index (χ0v) is 14.0. The molecule has 1 aromatic rings. The molecule has 0 radical (unpaired) electrons. The van der Waals surface area contributed by atoms with Crippen LogP contribution in [-0.2, 0) is 0 Å². The lowest BCUT2D eigenvalue weighted by Crippen LogP contribution is -2.33. The number of hydrogen-bond donors (Lipinski definition) is 2. The van der Waals surface area contributed by atoms with Crippen molar-refractivity contribution in [3.63, 3.8) is 0 Å². The molecule has 3 N–H and O–H groups in total. The van der Waals surface area contributed by atoms with Gasteiger partial charge in [-0.1, -0.05) is 22.9 Å². The topological polar surface area (TPSA) is 55.1 Å². The number of benzene rings is 1. The minimum Gasteiger partial charge on any atom is -0.398 e. The van der Waals surface area contributed by atoms with Crippen LogP contribution in [0.3, 0.4) is 0 Å². The molecule has 0 saturated heterocycles. The van der Waals surface area contributed by atoms with Gasteiger partial charge < -0.3 is 11.1 Å². The summed E-state index contributed by atoms with van der Waals surface area (Å²) in [4.78, 5) is 12.2. The summed E-state index contributed by atoms with van der Waals surface area (Å²) in [6.45, 7) is 6.04. The van der Waals surface area contributed by atoms with Crippen molar-refractivity contribution in [1.29, 1.82) is 0 Å². The van der Waals surface area contributed by atoms with Gasteiger partial charge in [-0.25, -0.2) is 0 Å². The van der Waals surface area contributed by atoms with Crippen molar-refractivity contribution in [3.8, 4) is 0 Å². The normalized spacial score (nSPS) is 12.2. The van der Waals surface area contributed by atoms with Crippen LogP contribution in [0.5, 0.6) is 0 Å². The fourth-order valence-corrected chi connectivity index (χ4v) is 3.00. The Kier molecular flexibility index (Phi) is 6.72. The first kappa shape index (κ1) is 16.4. The molecule has 5 heteroatoms.